The Bertz CT molecular complexity index is 456. The van der Waals surface area contributed by atoms with Gasteiger partial charge in [0.25, 0.3) is 0 Å². The van der Waals surface area contributed by atoms with Crippen molar-refractivity contribution in [1.82, 2.24) is 9.88 Å². The third-order valence-electron chi connectivity index (χ3n) is 3.56. The van der Waals surface area contributed by atoms with Crippen LogP contribution in [0.15, 0.2) is 12.1 Å². The van der Waals surface area contributed by atoms with Crippen molar-refractivity contribution < 1.29 is 9.90 Å². The normalized spacial score (nSPS) is 15.7. The molecular formula is C14H21N3O2. The van der Waals surface area contributed by atoms with Crippen molar-refractivity contribution in [3.8, 4) is 0 Å². The van der Waals surface area contributed by atoms with Crippen LogP contribution in [0.2, 0.25) is 0 Å². The summed E-state index contributed by atoms with van der Waals surface area (Å²) in [5, 5.41) is 9.21. The SMILES string of the molecule is Cc1ccc(C(=O)O)c(N(C)CCN2CCCC2)n1. The molecule has 2 rings (SSSR count). The fraction of sp³-hybridized carbons (Fsp3) is 0.571. The molecule has 0 atom stereocenters. The van der Waals surface area contributed by atoms with E-state index >= 15 is 0 Å². The number of hydrogen-bond donors (Lipinski definition) is 1. The predicted octanol–water partition coefficient (Wildman–Crippen LogP) is 1.62. The highest BCUT2D eigenvalue weighted by Gasteiger charge is 2.17. The number of carboxylic acid groups (broad SMARTS) is 1. The van der Waals surface area contributed by atoms with Crippen LogP contribution in [0.3, 0.4) is 0 Å². The molecule has 1 aliphatic rings. The average Bonchev–Trinajstić information content (AvgIpc) is 2.88. The van der Waals surface area contributed by atoms with Gasteiger partial charge in [-0.3, -0.25) is 0 Å². The Labute approximate surface area is 113 Å². The predicted molar refractivity (Wildman–Crippen MR) is 74.9 cm³/mol. The fourth-order valence-corrected chi connectivity index (χ4v) is 2.40. The molecule has 1 aromatic rings. The molecule has 1 fully saturated rings. The maximum atomic E-state index is 11.2. The van der Waals surface area contributed by atoms with Gasteiger partial charge in [0.05, 0.1) is 0 Å². The van der Waals surface area contributed by atoms with Crippen molar-refractivity contribution in [2.75, 3.05) is 38.1 Å². The summed E-state index contributed by atoms with van der Waals surface area (Å²) in [5.74, 6) is -0.359. The monoisotopic (exact) mass is 263 g/mol. The lowest BCUT2D eigenvalue weighted by Crippen LogP contribution is -2.32. The molecule has 104 valence electrons. The van der Waals surface area contributed by atoms with Crippen LogP contribution in [0.5, 0.6) is 0 Å². The minimum absolute atomic E-state index is 0.273. The highest BCUT2D eigenvalue weighted by atomic mass is 16.4. The van der Waals surface area contributed by atoms with Gasteiger partial charge in [-0.15, -0.1) is 0 Å². The molecule has 1 aliphatic heterocycles. The van der Waals surface area contributed by atoms with E-state index < -0.39 is 5.97 Å². The molecule has 19 heavy (non-hydrogen) atoms. The van der Waals surface area contributed by atoms with Crippen LogP contribution in [0, 0.1) is 6.92 Å². The van der Waals surface area contributed by atoms with Gasteiger partial charge in [-0.25, -0.2) is 9.78 Å². The van der Waals surface area contributed by atoms with Gasteiger partial charge in [0.15, 0.2) is 0 Å². The minimum Gasteiger partial charge on any atom is -0.478 e. The zero-order valence-corrected chi connectivity index (χ0v) is 11.6. The number of aromatic carboxylic acids is 1. The van der Waals surface area contributed by atoms with Gasteiger partial charge in [0.1, 0.15) is 11.4 Å². The topological polar surface area (TPSA) is 56.7 Å². The first kappa shape index (κ1) is 13.8. The van der Waals surface area contributed by atoms with Gasteiger partial charge in [0, 0.05) is 25.8 Å². The molecular weight excluding hydrogens is 242 g/mol. The number of aromatic nitrogens is 1. The molecule has 0 unspecified atom stereocenters. The van der Waals surface area contributed by atoms with Crippen LogP contribution in [-0.2, 0) is 0 Å². The van der Waals surface area contributed by atoms with Gasteiger partial charge < -0.3 is 14.9 Å². The van der Waals surface area contributed by atoms with E-state index in [2.05, 4.69) is 9.88 Å². The summed E-state index contributed by atoms with van der Waals surface area (Å²) < 4.78 is 0. The summed E-state index contributed by atoms with van der Waals surface area (Å²) in [6.07, 6.45) is 2.54. The van der Waals surface area contributed by atoms with E-state index in [1.54, 1.807) is 12.1 Å². The number of rotatable bonds is 5. The molecule has 0 spiro atoms. The quantitative estimate of drug-likeness (QED) is 0.875. The maximum Gasteiger partial charge on any atom is 0.339 e. The van der Waals surface area contributed by atoms with E-state index in [1.807, 2.05) is 18.9 Å². The third-order valence-corrected chi connectivity index (χ3v) is 3.56. The zero-order chi connectivity index (χ0) is 13.8. The van der Waals surface area contributed by atoms with Crippen molar-refractivity contribution in [3.05, 3.63) is 23.4 Å². The number of carbonyl (C=O) groups is 1. The summed E-state index contributed by atoms with van der Waals surface area (Å²) in [5.41, 5.74) is 1.11. The lowest BCUT2D eigenvalue weighted by molar-refractivity contribution is 0.0697. The third kappa shape index (κ3) is 3.44. The Kier molecular flexibility index (Phi) is 4.37. The Hall–Kier alpha value is -1.62. The Morgan fingerprint density at radius 1 is 1.42 bits per heavy atom. The molecule has 0 aliphatic carbocycles. The van der Waals surface area contributed by atoms with Crippen LogP contribution in [-0.4, -0.2) is 54.2 Å². The fourth-order valence-electron chi connectivity index (χ4n) is 2.40. The van der Waals surface area contributed by atoms with Crippen LogP contribution in [0.4, 0.5) is 5.82 Å². The molecule has 0 radical (unpaired) electrons. The second kappa shape index (κ2) is 6.02. The summed E-state index contributed by atoms with van der Waals surface area (Å²) in [7, 11) is 1.91. The summed E-state index contributed by atoms with van der Waals surface area (Å²) >= 11 is 0. The maximum absolute atomic E-state index is 11.2. The molecule has 1 aromatic heterocycles. The van der Waals surface area contributed by atoms with Crippen LogP contribution >= 0.6 is 0 Å². The molecule has 2 heterocycles. The largest absolute Gasteiger partial charge is 0.478 e. The van der Waals surface area contributed by atoms with Crippen molar-refractivity contribution in [1.29, 1.82) is 0 Å². The van der Waals surface area contributed by atoms with Gasteiger partial charge in [-0.05, 0) is 45.0 Å². The van der Waals surface area contributed by atoms with Crippen molar-refractivity contribution in [3.63, 3.8) is 0 Å². The van der Waals surface area contributed by atoms with Gasteiger partial charge >= 0.3 is 5.97 Å². The van der Waals surface area contributed by atoms with E-state index in [9.17, 15) is 9.90 Å². The Morgan fingerprint density at radius 3 is 2.74 bits per heavy atom. The number of nitrogens with zero attached hydrogens (tertiary/aromatic N) is 3. The molecule has 5 heteroatoms. The molecule has 1 N–H and O–H groups in total. The van der Waals surface area contributed by atoms with Crippen molar-refractivity contribution in [2.45, 2.75) is 19.8 Å². The first-order chi connectivity index (χ1) is 9.08. The smallest absolute Gasteiger partial charge is 0.339 e. The van der Waals surface area contributed by atoms with E-state index in [-0.39, 0.29) is 5.56 Å². The van der Waals surface area contributed by atoms with Crippen molar-refractivity contribution in [2.24, 2.45) is 0 Å². The lowest BCUT2D eigenvalue weighted by Gasteiger charge is -2.23. The van der Waals surface area contributed by atoms with E-state index in [4.69, 9.17) is 0 Å². The molecule has 1 saturated heterocycles. The summed E-state index contributed by atoms with van der Waals surface area (Å²) in [4.78, 5) is 19.9. The first-order valence-electron chi connectivity index (χ1n) is 6.72. The van der Waals surface area contributed by atoms with Crippen molar-refractivity contribution >= 4 is 11.8 Å². The van der Waals surface area contributed by atoms with E-state index in [1.165, 1.54) is 12.8 Å². The molecule has 0 aromatic carbocycles. The minimum atomic E-state index is -0.921. The zero-order valence-electron chi connectivity index (χ0n) is 11.6. The number of anilines is 1. The van der Waals surface area contributed by atoms with E-state index in [0.717, 1.165) is 31.9 Å². The molecule has 5 nitrogen and oxygen atoms in total. The number of carboxylic acids is 1. The Balaban J connectivity index is 2.06. The summed E-state index contributed by atoms with van der Waals surface area (Å²) in [6.45, 7) is 5.95. The van der Waals surface area contributed by atoms with Gasteiger partial charge in [-0.2, -0.15) is 0 Å². The number of hydrogen-bond acceptors (Lipinski definition) is 4. The Morgan fingerprint density at radius 2 is 2.11 bits per heavy atom. The number of aryl methyl sites for hydroxylation is 1. The lowest BCUT2D eigenvalue weighted by atomic mass is 10.2. The van der Waals surface area contributed by atoms with Gasteiger partial charge in [0.2, 0.25) is 0 Å². The van der Waals surface area contributed by atoms with E-state index in [0.29, 0.717) is 5.82 Å². The molecule has 0 amide bonds. The number of likely N-dealkylation sites (N-methyl/N-ethyl adjacent to an activating group) is 1. The second-order valence-electron chi connectivity index (χ2n) is 5.10. The second-order valence-corrected chi connectivity index (χ2v) is 5.10. The van der Waals surface area contributed by atoms with Crippen LogP contribution in [0.25, 0.3) is 0 Å². The average molecular weight is 263 g/mol. The number of pyridine rings is 1. The standard InChI is InChI=1S/C14H21N3O2/c1-11-5-6-12(14(18)19)13(15-11)16(2)9-10-17-7-3-4-8-17/h5-6H,3-4,7-10H2,1-2H3,(H,18,19). The first-order valence-corrected chi connectivity index (χ1v) is 6.72. The molecule has 0 saturated carbocycles. The highest BCUT2D eigenvalue weighted by molar-refractivity contribution is 5.93. The van der Waals surface area contributed by atoms with Gasteiger partial charge in [-0.1, -0.05) is 0 Å². The number of likely N-dealkylation sites (tertiary alicyclic amines) is 1. The van der Waals surface area contributed by atoms with Crippen LogP contribution < -0.4 is 4.90 Å². The molecule has 0 bridgehead atoms. The van der Waals surface area contributed by atoms with Crippen LogP contribution in [0.1, 0.15) is 28.9 Å². The summed E-state index contributed by atoms with van der Waals surface area (Å²) in [6, 6.07) is 3.37. The highest BCUT2D eigenvalue weighted by Crippen LogP contribution is 2.17.